The maximum absolute atomic E-state index is 5.67. The van der Waals surface area contributed by atoms with Gasteiger partial charge in [-0.3, -0.25) is 0 Å². The van der Waals surface area contributed by atoms with Gasteiger partial charge in [0.25, 0.3) is 0 Å². The van der Waals surface area contributed by atoms with Gasteiger partial charge in [-0.2, -0.15) is 0 Å². The molecule has 0 aliphatic carbocycles. The molecule has 1 aliphatic heterocycles. The van der Waals surface area contributed by atoms with Gasteiger partial charge in [0.1, 0.15) is 24.7 Å². The van der Waals surface area contributed by atoms with E-state index in [1.54, 1.807) is 0 Å². The first-order valence-electron chi connectivity index (χ1n) is 6.46. The molecule has 2 aromatic rings. The van der Waals surface area contributed by atoms with Crippen LogP contribution >= 0.6 is 0 Å². The Bertz CT molecular complexity index is 502. The van der Waals surface area contributed by atoms with Crippen molar-refractivity contribution in [3.05, 3.63) is 48.5 Å². The fourth-order valence-corrected chi connectivity index (χ4v) is 2.07. The van der Waals surface area contributed by atoms with Crippen LogP contribution in [0.1, 0.15) is 0 Å². The molecule has 1 aliphatic rings. The second-order valence-corrected chi connectivity index (χ2v) is 4.36. The van der Waals surface area contributed by atoms with Crippen LogP contribution in [-0.4, -0.2) is 26.4 Å². The van der Waals surface area contributed by atoms with Crippen LogP contribution in [0, 0.1) is 0 Å². The molecule has 4 bridgehead atoms. The van der Waals surface area contributed by atoms with Gasteiger partial charge in [-0.05, 0) is 35.4 Å². The van der Waals surface area contributed by atoms with Gasteiger partial charge in [0.2, 0.25) is 0 Å². The third-order valence-corrected chi connectivity index (χ3v) is 2.99. The molecule has 3 rings (SSSR count). The van der Waals surface area contributed by atoms with Gasteiger partial charge in [-0.1, -0.05) is 24.3 Å². The molecule has 0 saturated carbocycles. The minimum absolute atomic E-state index is 0.557. The molecule has 0 N–H and O–H groups in total. The first-order valence-corrected chi connectivity index (χ1v) is 6.46. The molecule has 98 valence electrons. The van der Waals surface area contributed by atoms with Gasteiger partial charge in [0.05, 0.1) is 13.2 Å². The maximum Gasteiger partial charge on any atom is 0.120 e. The van der Waals surface area contributed by atoms with Crippen molar-refractivity contribution in [3.63, 3.8) is 0 Å². The topological polar surface area (TPSA) is 27.7 Å². The Kier molecular flexibility index (Phi) is 3.65. The summed E-state index contributed by atoms with van der Waals surface area (Å²) in [4.78, 5) is 0. The van der Waals surface area contributed by atoms with Crippen LogP contribution in [-0.2, 0) is 4.74 Å². The highest BCUT2D eigenvalue weighted by molar-refractivity contribution is 5.66. The van der Waals surface area contributed by atoms with Crippen molar-refractivity contribution in [2.45, 2.75) is 0 Å². The highest BCUT2D eigenvalue weighted by Gasteiger charge is 2.03. The van der Waals surface area contributed by atoms with Crippen molar-refractivity contribution in [2.24, 2.45) is 0 Å². The normalized spacial score (nSPS) is 15.2. The lowest BCUT2D eigenvalue weighted by molar-refractivity contribution is 0.0765. The lowest BCUT2D eigenvalue weighted by Crippen LogP contribution is -2.11. The summed E-state index contributed by atoms with van der Waals surface area (Å²) >= 11 is 0. The Morgan fingerprint density at radius 3 is 1.68 bits per heavy atom. The fourth-order valence-electron chi connectivity index (χ4n) is 2.07. The van der Waals surface area contributed by atoms with E-state index in [2.05, 4.69) is 12.1 Å². The van der Waals surface area contributed by atoms with E-state index in [1.807, 2.05) is 36.4 Å². The zero-order valence-electron chi connectivity index (χ0n) is 10.7. The van der Waals surface area contributed by atoms with E-state index in [4.69, 9.17) is 14.2 Å². The maximum atomic E-state index is 5.67. The molecule has 0 atom stereocenters. The van der Waals surface area contributed by atoms with Crippen LogP contribution in [0.25, 0.3) is 11.1 Å². The SMILES string of the molecule is c1cc2cc(c1)-c1cccc(c1)OCCOCCO2. The van der Waals surface area contributed by atoms with Gasteiger partial charge in [0, 0.05) is 0 Å². The first kappa shape index (κ1) is 12.1. The summed E-state index contributed by atoms with van der Waals surface area (Å²) in [5.74, 6) is 1.73. The molecule has 2 aromatic carbocycles. The summed E-state index contributed by atoms with van der Waals surface area (Å²) in [5.41, 5.74) is 2.26. The molecule has 3 heteroatoms. The fraction of sp³-hybridized carbons (Fsp3) is 0.250. The van der Waals surface area contributed by atoms with Crippen LogP contribution in [0.3, 0.4) is 0 Å². The monoisotopic (exact) mass is 256 g/mol. The number of rotatable bonds is 0. The summed E-state index contributed by atoms with van der Waals surface area (Å²) in [6, 6.07) is 16.1. The average molecular weight is 256 g/mol. The van der Waals surface area contributed by atoms with Gasteiger partial charge in [0.15, 0.2) is 0 Å². The lowest BCUT2D eigenvalue weighted by atomic mass is 10.1. The Labute approximate surface area is 112 Å². The first-order chi connectivity index (χ1) is 9.42. The molecule has 0 radical (unpaired) electrons. The largest absolute Gasteiger partial charge is 0.491 e. The van der Waals surface area contributed by atoms with Crippen LogP contribution in [0.5, 0.6) is 11.5 Å². The zero-order chi connectivity index (χ0) is 12.9. The van der Waals surface area contributed by atoms with Crippen molar-refractivity contribution in [1.82, 2.24) is 0 Å². The van der Waals surface area contributed by atoms with E-state index < -0.39 is 0 Å². The Balaban J connectivity index is 1.96. The van der Waals surface area contributed by atoms with Gasteiger partial charge >= 0.3 is 0 Å². The minimum Gasteiger partial charge on any atom is -0.491 e. The van der Waals surface area contributed by atoms with E-state index in [0.717, 1.165) is 22.6 Å². The van der Waals surface area contributed by atoms with Gasteiger partial charge in [-0.15, -0.1) is 0 Å². The number of hydrogen-bond donors (Lipinski definition) is 0. The molecule has 0 unspecified atom stereocenters. The van der Waals surface area contributed by atoms with Gasteiger partial charge < -0.3 is 14.2 Å². The predicted octanol–water partition coefficient (Wildman–Crippen LogP) is 3.14. The van der Waals surface area contributed by atoms with E-state index in [0.29, 0.717) is 26.4 Å². The molecule has 3 nitrogen and oxygen atoms in total. The molecular formula is C16H16O3. The third kappa shape index (κ3) is 3.06. The second-order valence-electron chi connectivity index (χ2n) is 4.36. The van der Waals surface area contributed by atoms with Crippen LogP contribution in [0.4, 0.5) is 0 Å². The Morgan fingerprint density at radius 1 is 0.632 bits per heavy atom. The second kappa shape index (κ2) is 5.76. The van der Waals surface area contributed by atoms with Crippen molar-refractivity contribution in [1.29, 1.82) is 0 Å². The molecule has 19 heavy (non-hydrogen) atoms. The highest BCUT2D eigenvalue weighted by Crippen LogP contribution is 2.27. The Hall–Kier alpha value is -2.00. The van der Waals surface area contributed by atoms with E-state index in [-0.39, 0.29) is 0 Å². The standard InChI is InChI=1S/C16H16O3/c1-3-13-11-15(5-1)18-9-7-17-8-10-19-16-6-2-4-14(13)12-16/h1-6,11-12H,7-10H2. The summed E-state index contributed by atoms with van der Waals surface area (Å²) in [6.45, 7) is 2.26. The number of hydrogen-bond acceptors (Lipinski definition) is 3. The van der Waals surface area contributed by atoms with E-state index >= 15 is 0 Å². The molecule has 0 fully saturated rings. The van der Waals surface area contributed by atoms with Crippen molar-refractivity contribution in [3.8, 4) is 22.6 Å². The molecule has 0 saturated heterocycles. The molecule has 0 spiro atoms. The smallest absolute Gasteiger partial charge is 0.120 e. The minimum atomic E-state index is 0.557. The number of benzene rings is 2. The van der Waals surface area contributed by atoms with E-state index in [9.17, 15) is 0 Å². The van der Waals surface area contributed by atoms with Crippen LogP contribution in [0.15, 0.2) is 48.5 Å². The van der Waals surface area contributed by atoms with Crippen molar-refractivity contribution < 1.29 is 14.2 Å². The molecule has 0 amide bonds. The Morgan fingerprint density at radius 2 is 1.16 bits per heavy atom. The summed E-state index contributed by atoms with van der Waals surface area (Å²) in [7, 11) is 0. The lowest BCUT2D eigenvalue weighted by Gasteiger charge is -2.08. The number of ether oxygens (including phenoxy) is 3. The summed E-state index contributed by atoms with van der Waals surface area (Å²) < 4.78 is 16.8. The number of fused-ring (bicyclic) bond motifs is 5. The summed E-state index contributed by atoms with van der Waals surface area (Å²) in [6.07, 6.45) is 0. The highest BCUT2D eigenvalue weighted by atomic mass is 16.5. The van der Waals surface area contributed by atoms with Crippen LogP contribution < -0.4 is 9.47 Å². The summed E-state index contributed by atoms with van der Waals surface area (Å²) in [5, 5.41) is 0. The molecule has 1 heterocycles. The van der Waals surface area contributed by atoms with Crippen molar-refractivity contribution >= 4 is 0 Å². The molecular weight excluding hydrogens is 240 g/mol. The molecule has 0 aromatic heterocycles. The zero-order valence-corrected chi connectivity index (χ0v) is 10.7. The predicted molar refractivity (Wildman–Crippen MR) is 73.7 cm³/mol. The van der Waals surface area contributed by atoms with Crippen LogP contribution in [0.2, 0.25) is 0 Å². The third-order valence-electron chi connectivity index (χ3n) is 2.99. The van der Waals surface area contributed by atoms with Gasteiger partial charge in [-0.25, -0.2) is 0 Å². The van der Waals surface area contributed by atoms with E-state index in [1.165, 1.54) is 0 Å². The quantitative estimate of drug-likeness (QED) is 0.724. The van der Waals surface area contributed by atoms with Crippen molar-refractivity contribution in [2.75, 3.05) is 26.4 Å². The average Bonchev–Trinajstić information content (AvgIpc) is 2.47.